The monoisotopic (exact) mass is 450 g/mol. The van der Waals surface area contributed by atoms with Crippen molar-refractivity contribution in [2.45, 2.75) is 0 Å². The lowest BCUT2D eigenvalue weighted by Gasteiger charge is -1.93. The molecule has 0 amide bonds. The summed E-state index contributed by atoms with van der Waals surface area (Å²) in [5.74, 6) is 0. The van der Waals surface area contributed by atoms with Gasteiger partial charge < -0.3 is 0 Å². The fourth-order valence-corrected chi connectivity index (χ4v) is 6.26. The van der Waals surface area contributed by atoms with E-state index in [2.05, 4.69) is 31.9 Å². The number of hydrogen-bond donors (Lipinski definition) is 0. The lowest BCUT2D eigenvalue weighted by atomic mass is 10.1. The van der Waals surface area contributed by atoms with Crippen molar-refractivity contribution in [3.63, 3.8) is 0 Å². The zero-order valence-corrected chi connectivity index (χ0v) is 15.5. The van der Waals surface area contributed by atoms with E-state index in [0.717, 1.165) is 38.5 Å². The maximum atomic E-state index is 12.6. The van der Waals surface area contributed by atoms with E-state index < -0.39 is 0 Å². The van der Waals surface area contributed by atoms with Gasteiger partial charge in [0.1, 0.15) is 0 Å². The van der Waals surface area contributed by atoms with Crippen molar-refractivity contribution in [3.05, 3.63) is 52.3 Å². The Hall–Kier alpha value is -1.08. The van der Waals surface area contributed by atoms with Gasteiger partial charge in [-0.3, -0.25) is 9.59 Å². The standard InChI is InChI=1S/C16H4Br2O2S2/c17-11-3-9-5-1-7-6(2-8(5)14(20)15(9)21-11)10-4-12(18)22-16(10)13(7)19/h1-4H. The Balaban J connectivity index is 2.11. The third kappa shape index (κ3) is 1.53. The molecule has 5 rings (SSSR count). The quantitative estimate of drug-likeness (QED) is 0.309. The van der Waals surface area contributed by atoms with E-state index in [1.54, 1.807) is 0 Å². The Morgan fingerprint density at radius 1 is 0.591 bits per heavy atom. The second-order valence-electron chi connectivity index (χ2n) is 5.19. The first-order valence-corrected chi connectivity index (χ1v) is 9.63. The minimum Gasteiger partial charge on any atom is -0.288 e. The molecule has 0 spiro atoms. The van der Waals surface area contributed by atoms with Crippen LogP contribution in [0.25, 0.3) is 41.7 Å². The summed E-state index contributed by atoms with van der Waals surface area (Å²) in [6.07, 6.45) is 0. The topological polar surface area (TPSA) is 34.1 Å². The summed E-state index contributed by atoms with van der Waals surface area (Å²) in [6, 6.07) is 7.69. The van der Waals surface area contributed by atoms with Crippen LogP contribution in [0, 0.1) is 0 Å². The predicted octanol–water partition coefficient (Wildman–Crippen LogP) is 5.54. The first-order valence-electron chi connectivity index (χ1n) is 6.41. The minimum atomic E-state index is 0.0543. The molecule has 0 saturated carbocycles. The molecule has 0 unspecified atom stereocenters. The minimum absolute atomic E-state index is 0.0543. The summed E-state index contributed by atoms with van der Waals surface area (Å²) in [4.78, 5) is 25.2. The SMILES string of the molecule is O=c1c2cc3c(cc2c2cc(Br)sc12)c(=O)c1sc(Br)cc13. The average molecular weight is 452 g/mol. The third-order valence-electron chi connectivity index (χ3n) is 4.04. The highest BCUT2D eigenvalue weighted by Gasteiger charge is 2.18. The van der Waals surface area contributed by atoms with Gasteiger partial charge in [0.25, 0.3) is 0 Å². The van der Waals surface area contributed by atoms with Gasteiger partial charge in [0.05, 0.1) is 17.0 Å². The summed E-state index contributed by atoms with van der Waals surface area (Å²) in [5.41, 5.74) is 0.109. The molecule has 0 N–H and O–H groups in total. The highest BCUT2D eigenvalue weighted by Crippen LogP contribution is 2.39. The Bertz CT molecular complexity index is 1230. The van der Waals surface area contributed by atoms with Crippen molar-refractivity contribution in [2.75, 3.05) is 0 Å². The molecular weight excluding hydrogens is 448 g/mol. The molecule has 0 aliphatic heterocycles. The lowest BCUT2D eigenvalue weighted by molar-refractivity contribution is 1.88. The lowest BCUT2D eigenvalue weighted by Crippen LogP contribution is -1.94. The van der Waals surface area contributed by atoms with Gasteiger partial charge in [-0.1, -0.05) is 0 Å². The van der Waals surface area contributed by atoms with E-state index in [0.29, 0.717) is 10.8 Å². The van der Waals surface area contributed by atoms with Crippen LogP contribution in [0.3, 0.4) is 0 Å². The molecule has 0 radical (unpaired) electrons. The highest BCUT2D eigenvalue weighted by molar-refractivity contribution is 9.11. The van der Waals surface area contributed by atoms with Crippen LogP contribution in [0.5, 0.6) is 0 Å². The van der Waals surface area contributed by atoms with E-state index >= 15 is 0 Å². The molecule has 0 saturated heterocycles. The van der Waals surface area contributed by atoms with Crippen molar-refractivity contribution in [1.29, 1.82) is 0 Å². The van der Waals surface area contributed by atoms with Gasteiger partial charge in [0.2, 0.25) is 10.9 Å². The largest absolute Gasteiger partial charge is 0.288 e. The predicted molar refractivity (Wildman–Crippen MR) is 103 cm³/mol. The Kier molecular flexibility index (Phi) is 2.59. The van der Waals surface area contributed by atoms with Gasteiger partial charge in [-0.2, -0.15) is 0 Å². The highest BCUT2D eigenvalue weighted by atomic mass is 79.9. The Morgan fingerprint density at radius 2 is 1.00 bits per heavy atom. The first kappa shape index (κ1) is 13.4. The molecule has 2 heterocycles. The molecule has 0 fully saturated rings. The van der Waals surface area contributed by atoms with Gasteiger partial charge in [-0.25, -0.2) is 0 Å². The van der Waals surface area contributed by atoms with Crippen LogP contribution in [-0.2, 0) is 0 Å². The second kappa shape index (κ2) is 4.26. The zero-order chi connectivity index (χ0) is 15.2. The van der Waals surface area contributed by atoms with Crippen LogP contribution in [0.2, 0.25) is 0 Å². The first-order chi connectivity index (χ1) is 10.5. The zero-order valence-electron chi connectivity index (χ0n) is 10.7. The second-order valence-corrected chi connectivity index (χ2v) is 10.1. The number of halogens is 2. The fraction of sp³-hybridized carbons (Fsp3) is 0. The summed E-state index contributed by atoms with van der Waals surface area (Å²) in [6.45, 7) is 0. The maximum Gasteiger partial charge on any atom is 0.204 e. The van der Waals surface area contributed by atoms with Crippen molar-refractivity contribution in [2.24, 2.45) is 0 Å². The summed E-state index contributed by atoms with van der Waals surface area (Å²) >= 11 is 9.76. The van der Waals surface area contributed by atoms with Gasteiger partial charge in [-0.15, -0.1) is 22.7 Å². The molecule has 3 aromatic carbocycles. The van der Waals surface area contributed by atoms with Gasteiger partial charge in [0.15, 0.2) is 0 Å². The van der Waals surface area contributed by atoms with E-state index in [1.165, 1.54) is 22.7 Å². The molecule has 0 atom stereocenters. The Morgan fingerprint density at radius 3 is 1.41 bits per heavy atom. The van der Waals surface area contributed by atoms with Crippen LogP contribution >= 0.6 is 54.5 Å². The normalized spacial score (nSPS) is 12.5. The molecule has 0 bridgehead atoms. The van der Waals surface area contributed by atoms with Crippen LogP contribution in [0.4, 0.5) is 0 Å². The van der Waals surface area contributed by atoms with E-state index in [9.17, 15) is 9.59 Å². The molecule has 0 aliphatic rings. The van der Waals surface area contributed by atoms with E-state index in [-0.39, 0.29) is 10.9 Å². The van der Waals surface area contributed by atoms with Crippen LogP contribution in [-0.4, -0.2) is 0 Å². The number of thiophene rings is 2. The smallest absolute Gasteiger partial charge is 0.204 e. The van der Waals surface area contributed by atoms with Crippen LogP contribution < -0.4 is 10.9 Å². The van der Waals surface area contributed by atoms with Crippen molar-refractivity contribution in [1.82, 2.24) is 0 Å². The molecule has 0 aliphatic carbocycles. The molecule has 22 heavy (non-hydrogen) atoms. The van der Waals surface area contributed by atoms with E-state index in [1.807, 2.05) is 24.3 Å². The average Bonchev–Trinajstić information content (AvgIpc) is 3.17. The van der Waals surface area contributed by atoms with Crippen LogP contribution in [0.1, 0.15) is 0 Å². The maximum absolute atomic E-state index is 12.6. The molecule has 5 aromatic rings. The number of rotatable bonds is 0. The summed E-state index contributed by atoms with van der Waals surface area (Å²) in [5, 5.41) is 5.03. The number of benzene rings is 1. The molecule has 2 aromatic heterocycles. The van der Waals surface area contributed by atoms with Crippen molar-refractivity contribution < 1.29 is 0 Å². The fourth-order valence-electron chi connectivity index (χ4n) is 3.13. The Labute approximate surface area is 147 Å². The molecule has 106 valence electrons. The molecule has 6 heteroatoms. The van der Waals surface area contributed by atoms with Gasteiger partial charge in [-0.05, 0) is 66.9 Å². The van der Waals surface area contributed by atoms with Crippen LogP contribution in [0.15, 0.2) is 41.4 Å². The van der Waals surface area contributed by atoms with E-state index in [4.69, 9.17) is 0 Å². The summed E-state index contributed by atoms with van der Waals surface area (Å²) < 4.78 is 3.38. The van der Waals surface area contributed by atoms with Crippen molar-refractivity contribution in [3.8, 4) is 0 Å². The third-order valence-corrected chi connectivity index (χ3v) is 7.32. The number of fused-ring (bicyclic) bond motifs is 6. The molecule has 2 nitrogen and oxygen atoms in total. The van der Waals surface area contributed by atoms with Crippen molar-refractivity contribution >= 4 is 96.3 Å². The number of hydrogen-bond acceptors (Lipinski definition) is 4. The van der Waals surface area contributed by atoms with Gasteiger partial charge in [0, 0.05) is 21.5 Å². The molecular formula is C16H4Br2O2S2. The van der Waals surface area contributed by atoms with Gasteiger partial charge >= 0.3 is 0 Å². The summed E-state index contributed by atoms with van der Waals surface area (Å²) in [7, 11) is 0.